The summed E-state index contributed by atoms with van der Waals surface area (Å²) in [4.78, 5) is -0.443. The molecule has 0 heterocycles. The third-order valence-electron chi connectivity index (χ3n) is 1.75. The quantitative estimate of drug-likeness (QED) is 0.587. The number of aryl methyl sites for hydroxylation is 1. The van der Waals surface area contributed by atoms with Gasteiger partial charge >= 0.3 is 10.2 Å². The molecule has 0 saturated heterocycles. The van der Waals surface area contributed by atoms with Crippen molar-refractivity contribution in [3.8, 4) is 5.75 Å². The Balaban J connectivity index is 3.21. The number of benzene rings is 1. The van der Waals surface area contributed by atoms with Crippen molar-refractivity contribution in [1.29, 1.82) is 0 Å². The van der Waals surface area contributed by atoms with Crippen LogP contribution in [0.15, 0.2) is 23.1 Å². The van der Waals surface area contributed by atoms with Gasteiger partial charge in [-0.1, -0.05) is 12.1 Å². The van der Waals surface area contributed by atoms with E-state index in [1.807, 2.05) is 0 Å². The van der Waals surface area contributed by atoms with Crippen molar-refractivity contribution in [2.75, 3.05) is 13.9 Å². The maximum Gasteiger partial charge on any atom is 0.336 e. The third-order valence-corrected chi connectivity index (χ3v) is 2.76. The maximum absolute atomic E-state index is 12.9. The first-order chi connectivity index (χ1) is 6.96. The molecule has 84 valence electrons. The molecular weight excluding hydrogens is 223 g/mol. The number of hydrogen-bond acceptors (Lipinski definition) is 4. The number of methoxy groups -OCH3 is 1. The molecule has 0 bridgehead atoms. The molecule has 0 aliphatic carbocycles. The van der Waals surface area contributed by atoms with Gasteiger partial charge in [-0.25, -0.2) is 0 Å². The van der Waals surface area contributed by atoms with Gasteiger partial charge < -0.3 is 9.47 Å². The zero-order valence-corrected chi connectivity index (χ0v) is 9.17. The van der Waals surface area contributed by atoms with E-state index in [9.17, 15) is 12.3 Å². The molecule has 4 nitrogen and oxygen atoms in total. The minimum absolute atomic E-state index is 0.0423. The van der Waals surface area contributed by atoms with E-state index in [0.29, 0.717) is 5.56 Å². The number of rotatable bonds is 4. The van der Waals surface area contributed by atoms with Crippen molar-refractivity contribution in [3.63, 3.8) is 0 Å². The Labute approximate surface area is 87.8 Å². The molecule has 0 N–H and O–H groups in total. The largest absolute Gasteiger partial charge is 0.466 e. The monoisotopic (exact) mass is 234 g/mol. The fourth-order valence-corrected chi connectivity index (χ4v) is 1.99. The standard InChI is InChI=1S/C9H11FO4S/c1-7-4-3-5-8(14-6-13-2)9(7)15(10,11)12/h3-5H,6H2,1-2H3. The lowest BCUT2D eigenvalue weighted by Crippen LogP contribution is -2.05. The van der Waals surface area contributed by atoms with Gasteiger partial charge in [-0.15, -0.1) is 3.89 Å². The van der Waals surface area contributed by atoms with Crippen molar-refractivity contribution in [2.24, 2.45) is 0 Å². The molecule has 1 aromatic rings. The van der Waals surface area contributed by atoms with Crippen LogP contribution in [0, 0.1) is 6.92 Å². The maximum atomic E-state index is 12.9. The van der Waals surface area contributed by atoms with Gasteiger partial charge in [0.2, 0.25) is 0 Å². The Hall–Kier alpha value is -1.14. The first kappa shape index (κ1) is 11.9. The molecule has 0 aliphatic rings. The fraction of sp³-hybridized carbons (Fsp3) is 0.333. The minimum atomic E-state index is -4.78. The normalized spacial score (nSPS) is 11.4. The highest BCUT2D eigenvalue weighted by Crippen LogP contribution is 2.28. The molecule has 0 radical (unpaired) electrons. The summed E-state index contributed by atoms with van der Waals surface area (Å²) < 4.78 is 44.2. The van der Waals surface area contributed by atoms with Crippen LogP contribution < -0.4 is 4.74 Å². The van der Waals surface area contributed by atoms with E-state index in [4.69, 9.17) is 4.74 Å². The van der Waals surface area contributed by atoms with Gasteiger partial charge in [0.25, 0.3) is 0 Å². The second-order valence-electron chi connectivity index (χ2n) is 2.89. The summed E-state index contributed by atoms with van der Waals surface area (Å²) in [7, 11) is -3.39. The smallest absolute Gasteiger partial charge is 0.336 e. The van der Waals surface area contributed by atoms with Crippen molar-refractivity contribution < 1.29 is 21.8 Å². The third kappa shape index (κ3) is 2.90. The lowest BCUT2D eigenvalue weighted by Gasteiger charge is -2.09. The molecule has 0 amide bonds. The van der Waals surface area contributed by atoms with Crippen LogP contribution in [-0.4, -0.2) is 22.3 Å². The Morgan fingerprint density at radius 1 is 1.40 bits per heavy atom. The molecule has 0 atom stereocenters. The molecule has 0 aromatic heterocycles. The van der Waals surface area contributed by atoms with Crippen molar-refractivity contribution in [1.82, 2.24) is 0 Å². The summed E-state index contributed by atoms with van der Waals surface area (Å²) in [6.07, 6.45) is 0. The van der Waals surface area contributed by atoms with Gasteiger partial charge in [0.1, 0.15) is 10.6 Å². The Morgan fingerprint density at radius 3 is 2.60 bits per heavy atom. The summed E-state index contributed by atoms with van der Waals surface area (Å²) in [6.45, 7) is 1.36. The second-order valence-corrected chi connectivity index (χ2v) is 4.17. The SMILES string of the molecule is COCOc1cccc(C)c1S(=O)(=O)F. The molecule has 0 saturated carbocycles. The van der Waals surface area contributed by atoms with Crippen LogP contribution in [0.1, 0.15) is 5.56 Å². The summed E-state index contributed by atoms with van der Waals surface area (Å²) in [5, 5.41) is 0. The van der Waals surface area contributed by atoms with Crippen LogP contribution in [0.3, 0.4) is 0 Å². The molecule has 0 aliphatic heterocycles. The average Bonchev–Trinajstić information content (AvgIpc) is 2.12. The topological polar surface area (TPSA) is 52.6 Å². The second kappa shape index (κ2) is 4.59. The number of hydrogen-bond donors (Lipinski definition) is 0. The van der Waals surface area contributed by atoms with Gasteiger partial charge in [-0.05, 0) is 18.6 Å². The molecular formula is C9H11FO4S. The summed E-state index contributed by atoms with van der Waals surface area (Å²) in [5.74, 6) is -0.0423. The van der Waals surface area contributed by atoms with Gasteiger partial charge in [0.15, 0.2) is 6.79 Å². The zero-order chi connectivity index (χ0) is 11.5. The van der Waals surface area contributed by atoms with Crippen LogP contribution in [0.5, 0.6) is 5.75 Å². The van der Waals surface area contributed by atoms with Crippen LogP contribution in [0.4, 0.5) is 3.89 Å². The van der Waals surface area contributed by atoms with Gasteiger partial charge in [-0.3, -0.25) is 0 Å². The molecule has 1 aromatic carbocycles. The predicted molar refractivity (Wildman–Crippen MR) is 52.0 cm³/mol. The Bertz CT molecular complexity index is 441. The molecule has 0 fully saturated rings. The van der Waals surface area contributed by atoms with Crippen LogP contribution in [-0.2, 0) is 15.0 Å². The predicted octanol–water partition coefficient (Wildman–Crippen LogP) is 1.64. The highest BCUT2D eigenvalue weighted by Gasteiger charge is 2.21. The minimum Gasteiger partial charge on any atom is -0.466 e. The lowest BCUT2D eigenvalue weighted by molar-refractivity contribution is 0.0489. The average molecular weight is 234 g/mol. The van der Waals surface area contributed by atoms with E-state index in [1.54, 1.807) is 6.07 Å². The van der Waals surface area contributed by atoms with Gasteiger partial charge in [0, 0.05) is 7.11 Å². The molecule has 15 heavy (non-hydrogen) atoms. The summed E-state index contributed by atoms with van der Waals surface area (Å²) in [6, 6.07) is 4.44. The van der Waals surface area contributed by atoms with Crippen LogP contribution in [0.25, 0.3) is 0 Å². The Morgan fingerprint density at radius 2 is 2.07 bits per heavy atom. The van der Waals surface area contributed by atoms with Crippen LogP contribution in [0.2, 0.25) is 0 Å². The molecule has 0 spiro atoms. The zero-order valence-electron chi connectivity index (χ0n) is 8.36. The molecule has 6 heteroatoms. The number of halogens is 1. The van der Waals surface area contributed by atoms with Gasteiger partial charge in [-0.2, -0.15) is 8.42 Å². The van der Waals surface area contributed by atoms with Crippen LogP contribution >= 0.6 is 0 Å². The first-order valence-electron chi connectivity index (χ1n) is 4.13. The first-order valence-corrected chi connectivity index (χ1v) is 5.51. The lowest BCUT2D eigenvalue weighted by atomic mass is 10.2. The Kier molecular flexibility index (Phi) is 3.65. The van der Waals surface area contributed by atoms with E-state index in [0.717, 1.165) is 0 Å². The van der Waals surface area contributed by atoms with Crippen molar-refractivity contribution in [2.45, 2.75) is 11.8 Å². The van der Waals surface area contributed by atoms with Gasteiger partial charge in [0.05, 0.1) is 0 Å². The highest BCUT2D eigenvalue weighted by molar-refractivity contribution is 7.86. The summed E-state index contributed by atoms with van der Waals surface area (Å²) >= 11 is 0. The molecule has 1 rings (SSSR count). The van der Waals surface area contributed by atoms with E-state index in [1.165, 1.54) is 26.2 Å². The van der Waals surface area contributed by atoms with E-state index in [2.05, 4.69) is 4.74 Å². The number of ether oxygens (including phenoxy) is 2. The van der Waals surface area contributed by atoms with E-state index < -0.39 is 15.1 Å². The van der Waals surface area contributed by atoms with Crippen molar-refractivity contribution >= 4 is 10.2 Å². The summed E-state index contributed by atoms with van der Waals surface area (Å²) in [5.41, 5.74) is 0.297. The van der Waals surface area contributed by atoms with E-state index >= 15 is 0 Å². The fourth-order valence-electron chi connectivity index (χ4n) is 1.17. The van der Waals surface area contributed by atoms with E-state index in [-0.39, 0.29) is 12.5 Å². The highest BCUT2D eigenvalue weighted by atomic mass is 32.3. The van der Waals surface area contributed by atoms with Crippen molar-refractivity contribution in [3.05, 3.63) is 23.8 Å². The molecule has 0 unspecified atom stereocenters.